The van der Waals surface area contributed by atoms with Crippen molar-refractivity contribution < 1.29 is 9.59 Å². The first-order valence-corrected chi connectivity index (χ1v) is 9.95. The lowest BCUT2D eigenvalue weighted by Gasteiger charge is -2.36. The lowest BCUT2D eigenvalue weighted by atomic mass is 9.89. The largest absolute Gasteiger partial charge is 0.356 e. The molecule has 3 heterocycles. The van der Waals surface area contributed by atoms with Gasteiger partial charge in [-0.2, -0.15) is 0 Å². The van der Waals surface area contributed by atoms with E-state index in [1.165, 1.54) is 4.90 Å². The van der Waals surface area contributed by atoms with E-state index >= 15 is 0 Å². The van der Waals surface area contributed by atoms with Crippen molar-refractivity contribution in [1.29, 1.82) is 0 Å². The van der Waals surface area contributed by atoms with Crippen LogP contribution in [0.2, 0.25) is 10.0 Å². The molecule has 1 fully saturated rings. The number of aromatic nitrogens is 1. The number of carbonyl (C=O) groups excluding carboxylic acids is 2. The maximum absolute atomic E-state index is 13.1. The summed E-state index contributed by atoms with van der Waals surface area (Å²) in [7, 11) is 0. The van der Waals surface area contributed by atoms with E-state index in [2.05, 4.69) is 4.98 Å². The van der Waals surface area contributed by atoms with E-state index in [9.17, 15) is 9.59 Å². The van der Waals surface area contributed by atoms with Crippen LogP contribution in [0.4, 0.5) is 4.79 Å². The van der Waals surface area contributed by atoms with Gasteiger partial charge in [0.2, 0.25) is 0 Å². The average Bonchev–Trinajstić information content (AvgIpc) is 3.16. The quantitative estimate of drug-likeness (QED) is 0.614. The highest BCUT2D eigenvalue weighted by molar-refractivity contribution is 6.35. The molecule has 0 unspecified atom stereocenters. The first kappa shape index (κ1) is 17.6. The van der Waals surface area contributed by atoms with Gasteiger partial charge in [-0.25, -0.2) is 4.79 Å². The number of para-hydroxylation sites is 1. The number of halogens is 2. The fraction of sp³-hybridized carbons (Fsp3) is 0.238. The maximum Gasteiger partial charge on any atom is 0.328 e. The summed E-state index contributed by atoms with van der Waals surface area (Å²) in [6, 6.07) is 12.0. The van der Waals surface area contributed by atoms with Crippen molar-refractivity contribution in [3.05, 3.63) is 69.3 Å². The summed E-state index contributed by atoms with van der Waals surface area (Å²) < 4.78 is 0. The highest BCUT2D eigenvalue weighted by Crippen LogP contribution is 2.45. The number of rotatable bonds is 2. The average molecular weight is 414 g/mol. The molecule has 1 N–H and O–H groups in total. The van der Waals surface area contributed by atoms with Gasteiger partial charge in [0.1, 0.15) is 12.1 Å². The fourth-order valence-corrected chi connectivity index (χ4v) is 4.98. The summed E-state index contributed by atoms with van der Waals surface area (Å²) in [5.74, 6) is -0.154. The summed E-state index contributed by atoms with van der Waals surface area (Å²) in [5, 5.41) is 2.07. The number of benzene rings is 2. The molecule has 2 aromatic carbocycles. The van der Waals surface area contributed by atoms with Crippen LogP contribution in [0, 0.1) is 0 Å². The summed E-state index contributed by atoms with van der Waals surface area (Å²) in [6.07, 6.45) is 0.488. The van der Waals surface area contributed by atoms with Crippen molar-refractivity contribution in [2.24, 2.45) is 0 Å². The van der Waals surface area contributed by atoms with Gasteiger partial charge in [-0.3, -0.25) is 14.6 Å². The Balaban J connectivity index is 1.78. The van der Waals surface area contributed by atoms with E-state index in [-0.39, 0.29) is 11.9 Å². The van der Waals surface area contributed by atoms with Gasteiger partial charge in [-0.05, 0) is 36.2 Å². The van der Waals surface area contributed by atoms with Crippen molar-refractivity contribution >= 4 is 46.0 Å². The Kier molecular flexibility index (Phi) is 3.93. The van der Waals surface area contributed by atoms with E-state index in [0.29, 0.717) is 23.0 Å². The van der Waals surface area contributed by atoms with Crippen LogP contribution in [0.5, 0.6) is 0 Å². The van der Waals surface area contributed by atoms with Crippen LogP contribution in [-0.2, 0) is 11.2 Å². The smallest absolute Gasteiger partial charge is 0.328 e. The zero-order chi connectivity index (χ0) is 19.6. The van der Waals surface area contributed by atoms with E-state index in [1.807, 2.05) is 37.3 Å². The maximum atomic E-state index is 13.1. The first-order valence-electron chi connectivity index (χ1n) is 9.19. The second-order valence-corrected chi connectivity index (χ2v) is 7.97. The van der Waals surface area contributed by atoms with Gasteiger partial charge in [0.25, 0.3) is 5.91 Å². The van der Waals surface area contributed by atoms with Gasteiger partial charge < -0.3 is 4.98 Å². The predicted octanol–water partition coefficient (Wildman–Crippen LogP) is 4.77. The van der Waals surface area contributed by atoms with Gasteiger partial charge in [0.05, 0.1) is 0 Å². The molecule has 2 aliphatic heterocycles. The number of nitrogens with one attached hydrogen (secondary N) is 1. The van der Waals surface area contributed by atoms with Crippen molar-refractivity contribution in [1.82, 2.24) is 14.8 Å². The summed E-state index contributed by atoms with van der Waals surface area (Å²) >= 11 is 12.6. The third-order valence-electron chi connectivity index (χ3n) is 5.71. The topological polar surface area (TPSA) is 56.4 Å². The Morgan fingerprint density at radius 1 is 1.14 bits per heavy atom. The molecule has 2 aliphatic rings. The van der Waals surface area contributed by atoms with E-state index in [4.69, 9.17) is 23.2 Å². The number of likely N-dealkylation sites (N-methyl/N-ethyl adjacent to an activating group) is 1. The van der Waals surface area contributed by atoms with E-state index < -0.39 is 12.1 Å². The highest BCUT2D eigenvalue weighted by atomic mass is 35.5. The van der Waals surface area contributed by atoms with Crippen LogP contribution in [-0.4, -0.2) is 39.3 Å². The second-order valence-electron chi connectivity index (χ2n) is 7.12. The van der Waals surface area contributed by atoms with Crippen molar-refractivity contribution in [3.63, 3.8) is 0 Å². The Morgan fingerprint density at radius 2 is 1.93 bits per heavy atom. The van der Waals surface area contributed by atoms with Crippen molar-refractivity contribution in [3.8, 4) is 0 Å². The molecule has 0 saturated carbocycles. The van der Waals surface area contributed by atoms with Gasteiger partial charge >= 0.3 is 6.03 Å². The molecule has 5 rings (SSSR count). The molecule has 28 heavy (non-hydrogen) atoms. The van der Waals surface area contributed by atoms with Crippen LogP contribution in [0.15, 0.2) is 42.5 Å². The lowest BCUT2D eigenvalue weighted by molar-refractivity contribution is -0.128. The molecule has 5 nitrogen and oxygen atoms in total. The minimum Gasteiger partial charge on any atom is -0.356 e. The first-order chi connectivity index (χ1) is 13.5. The number of amides is 3. The third-order valence-corrected chi connectivity index (χ3v) is 6.27. The second kappa shape index (κ2) is 6.26. The lowest BCUT2D eigenvalue weighted by Crippen LogP contribution is -2.44. The monoisotopic (exact) mass is 413 g/mol. The number of hydrogen-bond acceptors (Lipinski definition) is 2. The summed E-state index contributed by atoms with van der Waals surface area (Å²) in [5.41, 5.74) is 3.70. The number of H-pyrrole nitrogens is 1. The van der Waals surface area contributed by atoms with Crippen LogP contribution in [0.25, 0.3) is 10.9 Å². The molecular formula is C21H17Cl2N3O2. The molecule has 3 aromatic rings. The van der Waals surface area contributed by atoms with E-state index in [0.717, 1.165) is 27.7 Å². The third kappa shape index (κ3) is 2.33. The van der Waals surface area contributed by atoms with Crippen LogP contribution in [0.1, 0.15) is 29.8 Å². The Morgan fingerprint density at radius 3 is 2.68 bits per heavy atom. The number of hydrogen-bond donors (Lipinski definition) is 1. The Labute approximate surface area is 171 Å². The highest BCUT2D eigenvalue weighted by Gasteiger charge is 2.52. The molecule has 142 valence electrons. The zero-order valence-corrected chi connectivity index (χ0v) is 16.6. The molecule has 1 saturated heterocycles. The molecule has 0 radical (unpaired) electrons. The molecule has 3 amide bonds. The number of aromatic amines is 1. The normalized spacial score (nSPS) is 21.4. The number of fused-ring (bicyclic) bond motifs is 4. The molecule has 2 atom stereocenters. The van der Waals surface area contributed by atoms with Crippen LogP contribution >= 0.6 is 23.2 Å². The number of imide groups is 1. The number of carbonyl (C=O) groups is 2. The molecule has 7 heteroatoms. The predicted molar refractivity (Wildman–Crippen MR) is 109 cm³/mol. The van der Waals surface area contributed by atoms with Crippen LogP contribution < -0.4 is 0 Å². The fourth-order valence-electron chi connectivity index (χ4n) is 4.47. The Bertz CT molecular complexity index is 1140. The number of nitrogens with zero attached hydrogens (tertiary/aromatic N) is 2. The summed E-state index contributed by atoms with van der Waals surface area (Å²) in [6.45, 7) is 2.16. The summed E-state index contributed by atoms with van der Waals surface area (Å²) in [4.78, 5) is 32.5. The SMILES string of the molecule is CCN1C(=O)[C@@H]2Cc3c([nH]c4ccccc34)[C@H](c3ccc(Cl)cc3Cl)N2C1=O. The van der Waals surface area contributed by atoms with E-state index in [1.54, 1.807) is 17.0 Å². The van der Waals surface area contributed by atoms with Crippen molar-refractivity contribution in [2.45, 2.75) is 25.4 Å². The standard InChI is InChI=1S/C21H17Cl2N3O2/c1-2-25-20(27)17-10-14-12-5-3-4-6-16(12)24-18(14)19(26(17)21(25)28)13-8-7-11(22)9-15(13)23/h3-9,17,19,24H,2,10H2,1H3/t17-,19-/m0/s1. The number of urea groups is 1. The molecule has 1 aromatic heterocycles. The molecule has 0 bridgehead atoms. The van der Waals surface area contributed by atoms with Gasteiger partial charge in [-0.1, -0.05) is 47.5 Å². The minimum atomic E-state index is -0.532. The molecular weight excluding hydrogens is 397 g/mol. The van der Waals surface area contributed by atoms with Gasteiger partial charge in [-0.15, -0.1) is 0 Å². The van der Waals surface area contributed by atoms with Gasteiger partial charge in [0, 0.05) is 39.6 Å². The Hall–Kier alpha value is -2.50. The zero-order valence-electron chi connectivity index (χ0n) is 15.1. The molecule has 0 spiro atoms. The van der Waals surface area contributed by atoms with Gasteiger partial charge in [0.15, 0.2) is 0 Å². The van der Waals surface area contributed by atoms with Crippen LogP contribution in [0.3, 0.4) is 0 Å². The van der Waals surface area contributed by atoms with Crippen molar-refractivity contribution in [2.75, 3.05) is 6.54 Å². The minimum absolute atomic E-state index is 0.154. The molecule has 0 aliphatic carbocycles.